The molecule has 0 aromatic heterocycles. The second-order valence-electron chi connectivity index (χ2n) is 5.00. The number of hydrogen-bond donors (Lipinski definition) is 0. The molecule has 0 spiro atoms. The summed E-state index contributed by atoms with van der Waals surface area (Å²) in [7, 11) is 0. The van der Waals surface area contributed by atoms with Crippen molar-refractivity contribution in [2.45, 2.75) is 37.9 Å². The first-order valence-corrected chi connectivity index (χ1v) is 8.01. The Kier molecular flexibility index (Phi) is 5.13. The van der Waals surface area contributed by atoms with Gasteiger partial charge in [0.15, 0.2) is 5.78 Å². The van der Waals surface area contributed by atoms with Crippen molar-refractivity contribution in [2.24, 2.45) is 5.92 Å². The largest absolute Gasteiger partial charge is 0.293 e. The summed E-state index contributed by atoms with van der Waals surface area (Å²) in [6, 6.07) is 7.20. The summed E-state index contributed by atoms with van der Waals surface area (Å²) >= 11 is 7.62. The summed E-state index contributed by atoms with van der Waals surface area (Å²) < 4.78 is 0. The number of hydrogen-bond acceptors (Lipinski definition) is 2. The predicted octanol–water partition coefficient (Wildman–Crippen LogP) is 4.83. The zero-order chi connectivity index (χ0) is 13.0. The number of carbonyl (C=O) groups excluding carboxylic acids is 1. The maximum absolute atomic E-state index is 12.2. The smallest absolute Gasteiger partial charge is 0.175 e. The lowest BCUT2D eigenvalue weighted by Gasteiger charge is -2.13. The maximum Gasteiger partial charge on any atom is 0.175 e. The van der Waals surface area contributed by atoms with Crippen LogP contribution >= 0.6 is 23.4 Å². The fourth-order valence-electron chi connectivity index (χ4n) is 2.38. The highest BCUT2D eigenvalue weighted by Gasteiger charge is 2.20. The highest BCUT2D eigenvalue weighted by atomic mass is 35.5. The Morgan fingerprint density at radius 1 is 1.33 bits per heavy atom. The molecule has 0 bridgehead atoms. The van der Waals surface area contributed by atoms with Crippen molar-refractivity contribution in [3.05, 3.63) is 34.9 Å². The quantitative estimate of drug-likeness (QED) is 0.719. The van der Waals surface area contributed by atoms with Gasteiger partial charge in [-0.15, -0.1) is 0 Å². The fourth-order valence-corrected chi connectivity index (χ4v) is 3.69. The van der Waals surface area contributed by atoms with Crippen molar-refractivity contribution in [1.29, 1.82) is 0 Å². The van der Waals surface area contributed by atoms with E-state index in [0.29, 0.717) is 5.02 Å². The van der Waals surface area contributed by atoms with E-state index < -0.39 is 0 Å². The van der Waals surface area contributed by atoms with Crippen LogP contribution < -0.4 is 0 Å². The van der Waals surface area contributed by atoms with Crippen LogP contribution in [0.5, 0.6) is 0 Å². The van der Waals surface area contributed by atoms with E-state index in [-0.39, 0.29) is 11.0 Å². The summed E-state index contributed by atoms with van der Waals surface area (Å²) in [5.41, 5.74) is 0.769. The van der Waals surface area contributed by atoms with Crippen LogP contribution in [0.2, 0.25) is 5.02 Å². The van der Waals surface area contributed by atoms with Gasteiger partial charge in [0.05, 0.1) is 5.25 Å². The van der Waals surface area contributed by atoms with Gasteiger partial charge < -0.3 is 0 Å². The van der Waals surface area contributed by atoms with Crippen molar-refractivity contribution in [3.8, 4) is 0 Å². The summed E-state index contributed by atoms with van der Waals surface area (Å²) in [5, 5.41) is 0.726. The Bertz CT molecular complexity index is 395. The van der Waals surface area contributed by atoms with Gasteiger partial charge in [-0.05, 0) is 55.7 Å². The lowest BCUT2D eigenvalue weighted by atomic mass is 10.1. The number of Topliss-reactive ketones (excluding diaryl/α,β-unsaturated/α-hetero) is 1. The van der Waals surface area contributed by atoms with E-state index in [1.807, 2.05) is 19.1 Å². The third-order valence-electron chi connectivity index (χ3n) is 3.55. The predicted molar refractivity (Wildman–Crippen MR) is 79.7 cm³/mol. The van der Waals surface area contributed by atoms with Gasteiger partial charge >= 0.3 is 0 Å². The number of thioether (sulfide) groups is 1. The molecule has 1 atom stereocenters. The minimum absolute atomic E-state index is 0.0479. The molecule has 3 heteroatoms. The molecule has 1 aliphatic rings. The molecule has 0 amide bonds. The van der Waals surface area contributed by atoms with Crippen molar-refractivity contribution in [2.75, 3.05) is 5.75 Å². The van der Waals surface area contributed by atoms with Crippen molar-refractivity contribution < 1.29 is 4.79 Å². The first kappa shape index (κ1) is 14.0. The lowest BCUT2D eigenvalue weighted by Crippen LogP contribution is -2.15. The molecule has 1 aromatic carbocycles. The number of carbonyl (C=O) groups is 1. The minimum atomic E-state index is 0.0479. The highest BCUT2D eigenvalue weighted by Crippen LogP contribution is 2.30. The fraction of sp³-hybridized carbons (Fsp3) is 0.533. The van der Waals surface area contributed by atoms with Crippen LogP contribution in [0.1, 0.15) is 43.0 Å². The van der Waals surface area contributed by atoms with Gasteiger partial charge in [0.1, 0.15) is 0 Å². The molecule has 1 fully saturated rings. The molecule has 0 heterocycles. The topological polar surface area (TPSA) is 17.1 Å². The molecule has 1 saturated carbocycles. The first-order chi connectivity index (χ1) is 8.66. The molecule has 1 unspecified atom stereocenters. The molecular formula is C15H19ClOS. The highest BCUT2D eigenvalue weighted by molar-refractivity contribution is 8.00. The minimum Gasteiger partial charge on any atom is -0.293 e. The number of halogens is 1. The van der Waals surface area contributed by atoms with Crippen LogP contribution in [0.15, 0.2) is 24.3 Å². The normalized spacial score (nSPS) is 17.9. The van der Waals surface area contributed by atoms with Gasteiger partial charge in [0.25, 0.3) is 0 Å². The maximum atomic E-state index is 12.2. The number of rotatable bonds is 5. The van der Waals surface area contributed by atoms with E-state index in [9.17, 15) is 4.79 Å². The Hall–Kier alpha value is -0.470. The molecule has 0 aliphatic heterocycles. The van der Waals surface area contributed by atoms with Crippen LogP contribution in [0.3, 0.4) is 0 Å². The number of benzene rings is 1. The monoisotopic (exact) mass is 282 g/mol. The van der Waals surface area contributed by atoms with E-state index >= 15 is 0 Å². The van der Waals surface area contributed by atoms with E-state index in [1.165, 1.54) is 25.7 Å². The van der Waals surface area contributed by atoms with Gasteiger partial charge in [0, 0.05) is 10.6 Å². The summed E-state index contributed by atoms with van der Waals surface area (Å²) in [5.74, 6) is 2.17. The van der Waals surface area contributed by atoms with E-state index in [1.54, 1.807) is 23.9 Å². The average molecular weight is 283 g/mol. The molecule has 1 aliphatic carbocycles. The molecule has 1 aromatic rings. The Morgan fingerprint density at radius 2 is 1.94 bits per heavy atom. The third kappa shape index (κ3) is 3.76. The van der Waals surface area contributed by atoms with Crippen LogP contribution in [0.4, 0.5) is 0 Å². The van der Waals surface area contributed by atoms with Crippen LogP contribution in [0, 0.1) is 5.92 Å². The van der Waals surface area contributed by atoms with Gasteiger partial charge in [-0.3, -0.25) is 4.79 Å². The Morgan fingerprint density at radius 3 is 2.56 bits per heavy atom. The molecule has 1 nitrogen and oxygen atoms in total. The molecule has 98 valence electrons. The van der Waals surface area contributed by atoms with Gasteiger partial charge in [-0.1, -0.05) is 24.4 Å². The molecular weight excluding hydrogens is 264 g/mol. The van der Waals surface area contributed by atoms with Crippen molar-refractivity contribution in [3.63, 3.8) is 0 Å². The zero-order valence-corrected chi connectivity index (χ0v) is 12.3. The van der Waals surface area contributed by atoms with Gasteiger partial charge in [-0.25, -0.2) is 0 Å². The Balaban J connectivity index is 1.85. The Labute approximate surface area is 118 Å². The standard InChI is InChI=1S/C15H19ClOS/c1-11(18-10-12-4-2-3-5-12)15(17)13-6-8-14(16)9-7-13/h6-9,11-12H,2-5,10H2,1H3. The third-order valence-corrected chi connectivity index (χ3v) is 5.18. The van der Waals surface area contributed by atoms with Crippen LogP contribution in [0.25, 0.3) is 0 Å². The SMILES string of the molecule is CC(SCC1CCCC1)C(=O)c1ccc(Cl)cc1. The van der Waals surface area contributed by atoms with E-state index in [4.69, 9.17) is 11.6 Å². The summed E-state index contributed by atoms with van der Waals surface area (Å²) in [6.07, 6.45) is 5.42. The van der Waals surface area contributed by atoms with Gasteiger partial charge in [0.2, 0.25) is 0 Å². The second kappa shape index (κ2) is 6.63. The molecule has 0 saturated heterocycles. The van der Waals surface area contributed by atoms with Gasteiger partial charge in [-0.2, -0.15) is 11.8 Å². The zero-order valence-electron chi connectivity index (χ0n) is 10.7. The second-order valence-corrected chi connectivity index (χ2v) is 6.81. The van der Waals surface area contributed by atoms with Crippen LogP contribution in [-0.2, 0) is 0 Å². The molecule has 0 N–H and O–H groups in total. The first-order valence-electron chi connectivity index (χ1n) is 6.58. The van der Waals surface area contributed by atoms with E-state index in [0.717, 1.165) is 17.2 Å². The molecule has 0 radical (unpaired) electrons. The summed E-state index contributed by atoms with van der Waals surface area (Å²) in [4.78, 5) is 12.2. The van der Waals surface area contributed by atoms with Crippen molar-refractivity contribution >= 4 is 29.1 Å². The lowest BCUT2D eigenvalue weighted by molar-refractivity contribution is 0.0994. The van der Waals surface area contributed by atoms with Crippen molar-refractivity contribution in [1.82, 2.24) is 0 Å². The number of ketones is 1. The molecule has 18 heavy (non-hydrogen) atoms. The average Bonchev–Trinajstić information content (AvgIpc) is 2.89. The van der Waals surface area contributed by atoms with E-state index in [2.05, 4.69) is 0 Å². The van der Waals surface area contributed by atoms with Crippen LogP contribution in [-0.4, -0.2) is 16.8 Å². The molecule has 2 rings (SSSR count). The summed E-state index contributed by atoms with van der Waals surface area (Å²) in [6.45, 7) is 2.01.